The Labute approximate surface area is 63.1 Å². The SMILES string of the molecule is C1=C[N]C(c2ccsn2)=C1. The van der Waals surface area contributed by atoms with E-state index in [0.29, 0.717) is 0 Å². The summed E-state index contributed by atoms with van der Waals surface area (Å²) in [7, 11) is 0. The molecular formula is C7H5N2S. The second-order valence-corrected chi connectivity index (χ2v) is 2.57. The summed E-state index contributed by atoms with van der Waals surface area (Å²) in [5, 5.41) is 6.05. The summed E-state index contributed by atoms with van der Waals surface area (Å²) in [6.07, 6.45) is 5.64. The lowest BCUT2D eigenvalue weighted by molar-refractivity contribution is 1.20. The largest absolute Gasteiger partial charge is 0.255 e. The summed E-state index contributed by atoms with van der Waals surface area (Å²) in [6.45, 7) is 0. The van der Waals surface area contributed by atoms with Crippen molar-refractivity contribution in [1.82, 2.24) is 9.69 Å². The van der Waals surface area contributed by atoms with E-state index in [2.05, 4.69) is 9.69 Å². The molecule has 0 atom stereocenters. The maximum Gasteiger partial charge on any atom is 0.102 e. The molecule has 2 nitrogen and oxygen atoms in total. The summed E-state index contributed by atoms with van der Waals surface area (Å²) in [4.78, 5) is 0. The first kappa shape index (κ1) is 5.68. The van der Waals surface area contributed by atoms with Crippen molar-refractivity contribution < 1.29 is 0 Å². The molecule has 0 saturated carbocycles. The molecule has 3 heteroatoms. The number of nitrogens with zero attached hydrogens (tertiary/aromatic N) is 2. The molecule has 1 aromatic rings. The molecule has 0 aliphatic carbocycles. The van der Waals surface area contributed by atoms with Gasteiger partial charge in [-0.25, -0.2) is 0 Å². The number of hydrogen-bond acceptors (Lipinski definition) is 2. The third-order valence-electron chi connectivity index (χ3n) is 1.25. The van der Waals surface area contributed by atoms with E-state index in [1.165, 1.54) is 11.5 Å². The Morgan fingerprint density at radius 2 is 2.40 bits per heavy atom. The van der Waals surface area contributed by atoms with Crippen LogP contribution in [0.1, 0.15) is 5.69 Å². The predicted octanol–water partition coefficient (Wildman–Crippen LogP) is 1.62. The van der Waals surface area contributed by atoms with Gasteiger partial charge in [-0.2, -0.15) is 4.37 Å². The normalized spacial score (nSPS) is 15.0. The van der Waals surface area contributed by atoms with Gasteiger partial charge in [0.15, 0.2) is 0 Å². The standard InChI is InChI=1S/C7H5N2S/c1-2-6(8-4-1)7-3-5-10-9-7/h1-5H. The van der Waals surface area contributed by atoms with Crippen molar-refractivity contribution in [3.8, 4) is 0 Å². The van der Waals surface area contributed by atoms with Crippen LogP contribution in [-0.4, -0.2) is 4.37 Å². The van der Waals surface area contributed by atoms with Crippen LogP contribution in [0.3, 0.4) is 0 Å². The smallest absolute Gasteiger partial charge is 0.102 e. The maximum atomic E-state index is 4.14. The minimum atomic E-state index is 0.959. The highest BCUT2D eigenvalue weighted by Crippen LogP contribution is 2.14. The molecule has 49 valence electrons. The first-order chi connectivity index (χ1) is 4.97. The third-order valence-corrected chi connectivity index (χ3v) is 1.81. The van der Waals surface area contributed by atoms with E-state index in [4.69, 9.17) is 0 Å². The molecule has 1 aliphatic rings. The second kappa shape index (κ2) is 2.27. The third kappa shape index (κ3) is 0.844. The Hall–Kier alpha value is -1.09. The molecule has 0 spiro atoms. The average molecular weight is 149 g/mol. The van der Waals surface area contributed by atoms with Crippen LogP contribution in [0, 0.1) is 0 Å². The highest BCUT2D eigenvalue weighted by atomic mass is 32.1. The molecular weight excluding hydrogens is 144 g/mol. The summed E-state index contributed by atoms with van der Waals surface area (Å²) in [5.41, 5.74) is 1.93. The fourth-order valence-electron chi connectivity index (χ4n) is 0.797. The molecule has 0 fully saturated rings. The lowest BCUT2D eigenvalue weighted by Gasteiger charge is -1.91. The molecule has 0 bridgehead atoms. The van der Waals surface area contributed by atoms with Crippen molar-refractivity contribution in [3.63, 3.8) is 0 Å². The van der Waals surface area contributed by atoms with Gasteiger partial charge in [-0.3, -0.25) is 5.32 Å². The van der Waals surface area contributed by atoms with Gasteiger partial charge in [0, 0.05) is 11.6 Å². The lowest BCUT2D eigenvalue weighted by Crippen LogP contribution is -1.90. The predicted molar refractivity (Wildman–Crippen MR) is 41.4 cm³/mol. The first-order valence-electron chi connectivity index (χ1n) is 2.95. The maximum absolute atomic E-state index is 4.14. The molecule has 2 rings (SSSR count). The van der Waals surface area contributed by atoms with E-state index in [1.807, 2.05) is 23.6 Å². The molecule has 2 heterocycles. The minimum Gasteiger partial charge on any atom is -0.255 e. The second-order valence-electron chi connectivity index (χ2n) is 1.91. The van der Waals surface area contributed by atoms with Crippen LogP contribution < -0.4 is 5.32 Å². The number of allylic oxidation sites excluding steroid dienone is 2. The van der Waals surface area contributed by atoms with Crippen molar-refractivity contribution in [2.75, 3.05) is 0 Å². The van der Waals surface area contributed by atoms with E-state index < -0.39 is 0 Å². The van der Waals surface area contributed by atoms with Gasteiger partial charge < -0.3 is 0 Å². The molecule has 0 amide bonds. The zero-order chi connectivity index (χ0) is 6.81. The van der Waals surface area contributed by atoms with Crippen molar-refractivity contribution in [1.29, 1.82) is 0 Å². The zero-order valence-corrected chi connectivity index (χ0v) is 6.01. The quantitative estimate of drug-likeness (QED) is 0.596. The monoisotopic (exact) mass is 149 g/mol. The van der Waals surface area contributed by atoms with Crippen molar-refractivity contribution in [3.05, 3.63) is 35.5 Å². The van der Waals surface area contributed by atoms with Crippen LogP contribution in [-0.2, 0) is 0 Å². The minimum absolute atomic E-state index is 0.959. The molecule has 0 N–H and O–H groups in total. The van der Waals surface area contributed by atoms with Gasteiger partial charge in [-0.1, -0.05) is 0 Å². The van der Waals surface area contributed by atoms with Crippen LogP contribution in [0.15, 0.2) is 29.8 Å². The summed E-state index contributed by atoms with van der Waals surface area (Å²) < 4.78 is 4.14. The van der Waals surface area contributed by atoms with Gasteiger partial charge in [0.2, 0.25) is 0 Å². The topological polar surface area (TPSA) is 27.0 Å². The van der Waals surface area contributed by atoms with Gasteiger partial charge in [0.25, 0.3) is 0 Å². The Kier molecular flexibility index (Phi) is 1.29. The number of hydrogen-bond donors (Lipinski definition) is 0. The molecule has 10 heavy (non-hydrogen) atoms. The van der Waals surface area contributed by atoms with Crippen molar-refractivity contribution >= 4 is 17.2 Å². The zero-order valence-electron chi connectivity index (χ0n) is 5.19. The summed E-state index contributed by atoms with van der Waals surface area (Å²) in [5.74, 6) is 0. The summed E-state index contributed by atoms with van der Waals surface area (Å²) in [6, 6.07) is 1.97. The van der Waals surface area contributed by atoms with Gasteiger partial charge in [-0.05, 0) is 29.8 Å². The van der Waals surface area contributed by atoms with Gasteiger partial charge in [0.05, 0.1) is 5.70 Å². The first-order valence-corrected chi connectivity index (χ1v) is 3.79. The fourth-order valence-corrected chi connectivity index (χ4v) is 1.32. The lowest BCUT2D eigenvalue weighted by atomic mass is 10.3. The number of rotatable bonds is 1. The fraction of sp³-hybridized carbons (Fsp3) is 0. The highest BCUT2D eigenvalue weighted by Gasteiger charge is 2.04. The molecule has 1 aromatic heterocycles. The van der Waals surface area contributed by atoms with Crippen molar-refractivity contribution in [2.24, 2.45) is 0 Å². The molecule has 1 radical (unpaired) electrons. The van der Waals surface area contributed by atoms with Crippen LogP contribution in [0.2, 0.25) is 0 Å². The van der Waals surface area contributed by atoms with Crippen LogP contribution in [0.5, 0.6) is 0 Å². The molecule has 0 saturated heterocycles. The molecule has 0 aromatic carbocycles. The van der Waals surface area contributed by atoms with Gasteiger partial charge >= 0.3 is 0 Å². The van der Waals surface area contributed by atoms with E-state index in [1.54, 1.807) is 6.20 Å². The Morgan fingerprint density at radius 1 is 1.40 bits per heavy atom. The van der Waals surface area contributed by atoms with Crippen LogP contribution in [0.25, 0.3) is 5.70 Å². The van der Waals surface area contributed by atoms with E-state index in [-0.39, 0.29) is 0 Å². The molecule has 1 aliphatic heterocycles. The van der Waals surface area contributed by atoms with Gasteiger partial charge in [-0.15, -0.1) is 0 Å². The Bertz CT molecular complexity index is 272. The van der Waals surface area contributed by atoms with E-state index in [9.17, 15) is 0 Å². The summed E-state index contributed by atoms with van der Waals surface area (Å²) >= 11 is 1.45. The van der Waals surface area contributed by atoms with E-state index >= 15 is 0 Å². The highest BCUT2D eigenvalue weighted by molar-refractivity contribution is 7.03. The Balaban J connectivity index is 2.30. The van der Waals surface area contributed by atoms with Gasteiger partial charge in [0.1, 0.15) is 5.69 Å². The number of aromatic nitrogens is 1. The van der Waals surface area contributed by atoms with Crippen molar-refractivity contribution in [2.45, 2.75) is 0 Å². The van der Waals surface area contributed by atoms with E-state index in [0.717, 1.165) is 11.4 Å². The van der Waals surface area contributed by atoms with Crippen LogP contribution >= 0.6 is 11.5 Å². The molecule has 0 unspecified atom stereocenters. The average Bonchev–Trinajstić information content (AvgIpc) is 2.59. The van der Waals surface area contributed by atoms with Crippen LogP contribution in [0.4, 0.5) is 0 Å². The Morgan fingerprint density at radius 3 is 3.00 bits per heavy atom.